The van der Waals surface area contributed by atoms with Crippen molar-refractivity contribution < 1.29 is 9.59 Å². The van der Waals surface area contributed by atoms with Gasteiger partial charge in [-0.2, -0.15) is 10.2 Å². The highest BCUT2D eigenvalue weighted by Gasteiger charge is 2.07. The van der Waals surface area contributed by atoms with Crippen molar-refractivity contribution in [1.29, 1.82) is 0 Å². The number of rotatable bonds is 4. The molecule has 0 fully saturated rings. The Morgan fingerprint density at radius 3 is 1.45 bits per heavy atom. The molecule has 0 aliphatic heterocycles. The number of anilines is 2. The minimum absolute atomic E-state index is 0.138. The lowest BCUT2D eigenvalue weighted by atomic mass is 10.1. The SMILES string of the molecule is CC(=O)c1cc(N=Nc2ccc(N)c(C(C)=O)c2)ccc1N. The lowest BCUT2D eigenvalue weighted by molar-refractivity contribution is 0.101. The summed E-state index contributed by atoms with van der Waals surface area (Å²) in [5.41, 5.74) is 14.1. The average Bonchev–Trinajstić information content (AvgIpc) is 2.47. The highest BCUT2D eigenvalue weighted by molar-refractivity contribution is 6.00. The van der Waals surface area contributed by atoms with Crippen molar-refractivity contribution in [2.75, 3.05) is 11.5 Å². The third-order valence-corrected chi connectivity index (χ3v) is 3.11. The zero-order valence-electron chi connectivity index (χ0n) is 12.3. The molecule has 4 N–H and O–H groups in total. The molecule has 22 heavy (non-hydrogen) atoms. The van der Waals surface area contributed by atoms with Gasteiger partial charge in [0.15, 0.2) is 11.6 Å². The van der Waals surface area contributed by atoms with Gasteiger partial charge >= 0.3 is 0 Å². The molecule has 0 unspecified atom stereocenters. The first-order valence-corrected chi connectivity index (χ1v) is 6.61. The largest absolute Gasteiger partial charge is 0.398 e. The molecule has 6 nitrogen and oxygen atoms in total. The molecule has 0 amide bonds. The number of Topliss-reactive ketones (excluding diaryl/α,β-unsaturated/α-hetero) is 2. The van der Waals surface area contributed by atoms with E-state index in [2.05, 4.69) is 10.2 Å². The van der Waals surface area contributed by atoms with Crippen LogP contribution >= 0.6 is 0 Å². The fourth-order valence-corrected chi connectivity index (χ4v) is 1.94. The normalized spacial score (nSPS) is 10.8. The van der Waals surface area contributed by atoms with Crippen LogP contribution in [0.25, 0.3) is 0 Å². The third kappa shape index (κ3) is 3.35. The molecule has 0 aliphatic rings. The summed E-state index contributed by atoms with van der Waals surface area (Å²) in [6.45, 7) is 2.87. The van der Waals surface area contributed by atoms with E-state index in [0.717, 1.165) is 0 Å². The van der Waals surface area contributed by atoms with Gasteiger partial charge in [-0.15, -0.1) is 0 Å². The molecule has 2 aromatic rings. The van der Waals surface area contributed by atoms with Crippen molar-refractivity contribution in [2.45, 2.75) is 13.8 Å². The first-order valence-electron chi connectivity index (χ1n) is 6.61. The number of nitrogens with two attached hydrogens (primary N) is 2. The van der Waals surface area contributed by atoms with Crippen LogP contribution in [0, 0.1) is 0 Å². The molecule has 0 aliphatic carbocycles. The number of nitrogen functional groups attached to an aromatic ring is 2. The maximum absolute atomic E-state index is 11.4. The smallest absolute Gasteiger partial charge is 0.161 e. The summed E-state index contributed by atoms with van der Waals surface area (Å²) in [5.74, 6) is -0.276. The number of hydrogen-bond donors (Lipinski definition) is 2. The van der Waals surface area contributed by atoms with E-state index in [-0.39, 0.29) is 11.6 Å². The van der Waals surface area contributed by atoms with Gasteiger partial charge in [0.1, 0.15) is 0 Å². The molecule has 0 atom stereocenters. The quantitative estimate of drug-likeness (QED) is 0.509. The van der Waals surface area contributed by atoms with Gasteiger partial charge in [0.05, 0.1) is 11.4 Å². The molecule has 0 aromatic heterocycles. The number of carbonyl (C=O) groups is 2. The molecule has 0 saturated heterocycles. The monoisotopic (exact) mass is 296 g/mol. The summed E-state index contributed by atoms with van der Waals surface area (Å²) < 4.78 is 0. The van der Waals surface area contributed by atoms with E-state index in [4.69, 9.17) is 11.5 Å². The second-order valence-electron chi connectivity index (χ2n) is 4.86. The Morgan fingerprint density at radius 2 is 1.14 bits per heavy atom. The van der Waals surface area contributed by atoms with Crippen LogP contribution < -0.4 is 11.5 Å². The molecule has 0 radical (unpaired) electrons. The third-order valence-electron chi connectivity index (χ3n) is 3.11. The summed E-state index contributed by atoms with van der Waals surface area (Å²) in [6.07, 6.45) is 0. The van der Waals surface area contributed by atoms with E-state index in [1.807, 2.05) is 0 Å². The number of azo groups is 1. The minimum atomic E-state index is -0.138. The predicted molar refractivity (Wildman–Crippen MR) is 85.9 cm³/mol. The van der Waals surface area contributed by atoms with Gasteiger partial charge in [0.2, 0.25) is 0 Å². The number of carbonyl (C=O) groups excluding carboxylic acids is 2. The van der Waals surface area contributed by atoms with Crippen molar-refractivity contribution in [2.24, 2.45) is 10.2 Å². The van der Waals surface area contributed by atoms with Crippen LogP contribution in [-0.4, -0.2) is 11.6 Å². The van der Waals surface area contributed by atoms with Crippen LogP contribution in [0.15, 0.2) is 46.6 Å². The molecule has 0 bridgehead atoms. The molecule has 0 spiro atoms. The van der Waals surface area contributed by atoms with Gasteiger partial charge in [-0.1, -0.05) is 0 Å². The molecule has 2 aromatic carbocycles. The fourth-order valence-electron chi connectivity index (χ4n) is 1.94. The van der Waals surface area contributed by atoms with Crippen LogP contribution in [0.5, 0.6) is 0 Å². The Labute approximate surface area is 127 Å². The van der Waals surface area contributed by atoms with Crippen LogP contribution in [0.3, 0.4) is 0 Å². The van der Waals surface area contributed by atoms with E-state index < -0.39 is 0 Å². The van der Waals surface area contributed by atoms with Crippen molar-refractivity contribution in [3.8, 4) is 0 Å². The number of nitrogens with zero attached hydrogens (tertiary/aromatic N) is 2. The standard InChI is InChI=1S/C16H16N4O2/c1-9(21)13-7-11(3-5-15(13)17)19-20-12-4-6-16(18)14(8-12)10(2)22/h3-8H,17-18H2,1-2H3. The highest BCUT2D eigenvalue weighted by Crippen LogP contribution is 2.25. The van der Waals surface area contributed by atoms with Crippen LogP contribution in [0.2, 0.25) is 0 Å². The maximum Gasteiger partial charge on any atom is 0.161 e. The van der Waals surface area contributed by atoms with E-state index in [1.165, 1.54) is 13.8 Å². The van der Waals surface area contributed by atoms with E-state index in [0.29, 0.717) is 33.9 Å². The maximum atomic E-state index is 11.4. The Balaban J connectivity index is 2.33. The number of benzene rings is 2. The first kappa shape index (κ1) is 15.4. The van der Waals surface area contributed by atoms with Crippen molar-refractivity contribution >= 4 is 34.3 Å². The molecule has 2 rings (SSSR count). The zero-order valence-corrected chi connectivity index (χ0v) is 12.3. The summed E-state index contributed by atoms with van der Waals surface area (Å²) >= 11 is 0. The number of ketones is 2. The second-order valence-corrected chi connectivity index (χ2v) is 4.86. The van der Waals surface area contributed by atoms with Gasteiger partial charge in [-0.05, 0) is 50.2 Å². The minimum Gasteiger partial charge on any atom is -0.398 e. The van der Waals surface area contributed by atoms with Crippen molar-refractivity contribution in [1.82, 2.24) is 0 Å². The number of hydrogen-bond acceptors (Lipinski definition) is 6. The first-order chi connectivity index (χ1) is 10.4. The second kappa shape index (κ2) is 6.17. The Hall–Kier alpha value is -3.02. The van der Waals surface area contributed by atoms with E-state index >= 15 is 0 Å². The molecule has 0 heterocycles. The van der Waals surface area contributed by atoms with Gasteiger partial charge in [0.25, 0.3) is 0 Å². The van der Waals surface area contributed by atoms with Gasteiger partial charge in [-0.25, -0.2) is 0 Å². The topological polar surface area (TPSA) is 111 Å². The molecular weight excluding hydrogens is 280 g/mol. The molecule has 0 saturated carbocycles. The zero-order chi connectivity index (χ0) is 16.3. The predicted octanol–water partition coefficient (Wildman–Crippen LogP) is 3.67. The van der Waals surface area contributed by atoms with Gasteiger partial charge in [0, 0.05) is 22.5 Å². The molecule has 112 valence electrons. The summed E-state index contributed by atoms with van der Waals surface area (Å²) in [6, 6.07) is 9.68. The van der Waals surface area contributed by atoms with Crippen LogP contribution in [-0.2, 0) is 0 Å². The van der Waals surface area contributed by atoms with Gasteiger partial charge < -0.3 is 11.5 Å². The fraction of sp³-hybridized carbons (Fsp3) is 0.125. The Kier molecular flexibility index (Phi) is 4.31. The van der Waals surface area contributed by atoms with Crippen molar-refractivity contribution in [3.63, 3.8) is 0 Å². The van der Waals surface area contributed by atoms with Gasteiger partial charge in [-0.3, -0.25) is 9.59 Å². The summed E-state index contributed by atoms with van der Waals surface area (Å²) in [4.78, 5) is 22.9. The average molecular weight is 296 g/mol. The molecular formula is C16H16N4O2. The summed E-state index contributed by atoms with van der Waals surface area (Å²) in [5, 5.41) is 8.11. The van der Waals surface area contributed by atoms with Crippen LogP contribution in [0.1, 0.15) is 34.6 Å². The van der Waals surface area contributed by atoms with Crippen LogP contribution in [0.4, 0.5) is 22.7 Å². The molecule has 6 heteroatoms. The lowest BCUT2D eigenvalue weighted by Gasteiger charge is -2.03. The summed E-state index contributed by atoms with van der Waals surface area (Å²) in [7, 11) is 0. The Morgan fingerprint density at radius 1 is 0.773 bits per heavy atom. The van der Waals surface area contributed by atoms with E-state index in [9.17, 15) is 9.59 Å². The Bertz CT molecular complexity index is 716. The highest BCUT2D eigenvalue weighted by atomic mass is 16.1. The lowest BCUT2D eigenvalue weighted by Crippen LogP contribution is -1.98. The van der Waals surface area contributed by atoms with E-state index in [1.54, 1.807) is 36.4 Å². The van der Waals surface area contributed by atoms with Crippen molar-refractivity contribution in [3.05, 3.63) is 47.5 Å².